The molecular formula is C18H19N3O4. The van der Waals surface area contributed by atoms with Gasteiger partial charge in [0.05, 0.1) is 18.4 Å². The Morgan fingerprint density at radius 1 is 0.960 bits per heavy atom. The SMILES string of the molecule is CNC(=O)C(=O)Nc1ccccc1C(=O)NCc1ccc(OC)cc1. The van der Waals surface area contributed by atoms with Crippen LogP contribution in [0.1, 0.15) is 15.9 Å². The number of hydrogen-bond donors (Lipinski definition) is 3. The van der Waals surface area contributed by atoms with Crippen molar-refractivity contribution < 1.29 is 19.1 Å². The van der Waals surface area contributed by atoms with Gasteiger partial charge in [0.2, 0.25) is 0 Å². The number of nitrogens with one attached hydrogen (secondary N) is 3. The maximum absolute atomic E-state index is 12.4. The monoisotopic (exact) mass is 341 g/mol. The Bertz CT molecular complexity index is 772. The van der Waals surface area contributed by atoms with Crippen molar-refractivity contribution in [2.75, 3.05) is 19.5 Å². The Kier molecular flexibility index (Phi) is 6.11. The molecule has 0 unspecified atom stereocenters. The smallest absolute Gasteiger partial charge is 0.313 e. The van der Waals surface area contributed by atoms with Crippen molar-refractivity contribution in [1.82, 2.24) is 10.6 Å². The quantitative estimate of drug-likeness (QED) is 0.715. The van der Waals surface area contributed by atoms with Gasteiger partial charge in [-0.2, -0.15) is 0 Å². The number of hydrogen-bond acceptors (Lipinski definition) is 4. The van der Waals surface area contributed by atoms with E-state index in [-0.39, 0.29) is 17.2 Å². The van der Waals surface area contributed by atoms with Gasteiger partial charge < -0.3 is 20.7 Å². The zero-order valence-corrected chi connectivity index (χ0v) is 14.0. The molecule has 0 fully saturated rings. The minimum absolute atomic E-state index is 0.267. The average molecular weight is 341 g/mol. The van der Waals surface area contributed by atoms with Gasteiger partial charge in [0.25, 0.3) is 5.91 Å². The molecule has 7 nitrogen and oxygen atoms in total. The highest BCUT2D eigenvalue weighted by Gasteiger charge is 2.16. The molecule has 0 saturated heterocycles. The normalized spacial score (nSPS) is 9.84. The maximum atomic E-state index is 12.4. The van der Waals surface area contributed by atoms with E-state index in [1.54, 1.807) is 43.5 Å². The van der Waals surface area contributed by atoms with Crippen molar-refractivity contribution in [2.45, 2.75) is 6.54 Å². The summed E-state index contributed by atoms with van der Waals surface area (Å²) in [4.78, 5) is 35.4. The first-order chi connectivity index (χ1) is 12.0. The predicted molar refractivity (Wildman–Crippen MR) is 93.3 cm³/mol. The summed E-state index contributed by atoms with van der Waals surface area (Å²) in [6.07, 6.45) is 0. The van der Waals surface area contributed by atoms with E-state index in [0.717, 1.165) is 11.3 Å². The highest BCUT2D eigenvalue weighted by Crippen LogP contribution is 2.16. The summed E-state index contributed by atoms with van der Waals surface area (Å²) < 4.78 is 5.09. The fraction of sp³-hybridized carbons (Fsp3) is 0.167. The van der Waals surface area contributed by atoms with Gasteiger partial charge >= 0.3 is 11.8 Å². The number of carbonyl (C=O) groups excluding carboxylic acids is 3. The first kappa shape index (κ1) is 18.0. The third-order valence-corrected chi connectivity index (χ3v) is 3.47. The lowest BCUT2D eigenvalue weighted by molar-refractivity contribution is -0.135. The van der Waals surface area contributed by atoms with Crippen molar-refractivity contribution in [3.8, 4) is 5.75 Å². The van der Waals surface area contributed by atoms with Crippen LogP contribution in [0.2, 0.25) is 0 Å². The zero-order chi connectivity index (χ0) is 18.2. The Morgan fingerprint density at radius 3 is 2.28 bits per heavy atom. The molecule has 0 aromatic heterocycles. The number of para-hydroxylation sites is 1. The van der Waals surface area contributed by atoms with Crippen molar-refractivity contribution in [3.63, 3.8) is 0 Å². The van der Waals surface area contributed by atoms with Crippen LogP contribution in [0.4, 0.5) is 5.69 Å². The summed E-state index contributed by atoms with van der Waals surface area (Å²) in [6.45, 7) is 0.320. The van der Waals surface area contributed by atoms with E-state index in [2.05, 4.69) is 16.0 Å². The molecule has 2 rings (SSSR count). The van der Waals surface area contributed by atoms with E-state index in [1.807, 2.05) is 12.1 Å². The number of rotatable bonds is 5. The van der Waals surface area contributed by atoms with Crippen LogP contribution in [0, 0.1) is 0 Å². The molecule has 3 N–H and O–H groups in total. The third-order valence-electron chi connectivity index (χ3n) is 3.47. The number of amides is 3. The number of methoxy groups -OCH3 is 1. The minimum atomic E-state index is -0.835. The fourth-order valence-corrected chi connectivity index (χ4v) is 2.10. The van der Waals surface area contributed by atoms with E-state index in [9.17, 15) is 14.4 Å². The number of likely N-dealkylation sites (N-methyl/N-ethyl adjacent to an activating group) is 1. The van der Waals surface area contributed by atoms with Crippen molar-refractivity contribution >= 4 is 23.4 Å². The summed E-state index contributed by atoms with van der Waals surface area (Å²) in [5, 5.41) is 7.43. The first-order valence-electron chi connectivity index (χ1n) is 7.58. The maximum Gasteiger partial charge on any atom is 0.313 e. The Balaban J connectivity index is 2.05. The molecule has 0 atom stereocenters. The molecular weight excluding hydrogens is 322 g/mol. The van der Waals surface area contributed by atoms with Crippen LogP contribution < -0.4 is 20.7 Å². The third kappa shape index (κ3) is 4.81. The molecule has 0 aliphatic heterocycles. The Hall–Kier alpha value is -3.35. The molecule has 130 valence electrons. The van der Waals surface area contributed by atoms with Gasteiger partial charge in [0.1, 0.15) is 5.75 Å². The molecule has 0 saturated carbocycles. The van der Waals surface area contributed by atoms with E-state index in [0.29, 0.717) is 6.54 Å². The summed E-state index contributed by atoms with van der Waals surface area (Å²) in [5.41, 5.74) is 1.44. The zero-order valence-electron chi connectivity index (χ0n) is 14.0. The van der Waals surface area contributed by atoms with E-state index in [1.165, 1.54) is 7.05 Å². The number of anilines is 1. The molecule has 7 heteroatoms. The first-order valence-corrected chi connectivity index (χ1v) is 7.58. The molecule has 2 aromatic carbocycles. The lowest BCUT2D eigenvalue weighted by atomic mass is 10.1. The van der Waals surface area contributed by atoms with E-state index in [4.69, 9.17) is 4.74 Å². The standard InChI is InChI=1S/C18H19N3O4/c1-19-17(23)18(24)21-15-6-4-3-5-14(15)16(22)20-11-12-7-9-13(25-2)10-8-12/h3-10H,11H2,1-2H3,(H,19,23)(H,20,22)(H,21,24). The van der Waals surface area contributed by atoms with Crippen LogP contribution in [0.5, 0.6) is 5.75 Å². The summed E-state index contributed by atoms with van der Waals surface area (Å²) in [5.74, 6) is -1.24. The number of carbonyl (C=O) groups is 3. The summed E-state index contributed by atoms with van der Waals surface area (Å²) in [6, 6.07) is 13.8. The van der Waals surface area contributed by atoms with Gasteiger partial charge in [0, 0.05) is 13.6 Å². The van der Waals surface area contributed by atoms with Gasteiger partial charge in [0.15, 0.2) is 0 Å². The molecule has 0 aliphatic carbocycles. The number of benzene rings is 2. The highest BCUT2D eigenvalue weighted by molar-refractivity contribution is 6.39. The molecule has 2 aromatic rings. The molecule has 0 aliphatic rings. The van der Waals surface area contributed by atoms with Crippen molar-refractivity contribution in [1.29, 1.82) is 0 Å². The fourth-order valence-electron chi connectivity index (χ4n) is 2.10. The lowest BCUT2D eigenvalue weighted by Gasteiger charge is -2.11. The highest BCUT2D eigenvalue weighted by atomic mass is 16.5. The van der Waals surface area contributed by atoms with Gasteiger partial charge in [-0.25, -0.2) is 0 Å². The Morgan fingerprint density at radius 2 is 1.64 bits per heavy atom. The van der Waals surface area contributed by atoms with Crippen molar-refractivity contribution in [3.05, 3.63) is 59.7 Å². The molecule has 0 bridgehead atoms. The molecule has 0 heterocycles. The van der Waals surface area contributed by atoms with Crippen LogP contribution in [-0.4, -0.2) is 31.9 Å². The second-order valence-electron chi connectivity index (χ2n) is 5.11. The summed E-state index contributed by atoms with van der Waals surface area (Å²) in [7, 11) is 2.94. The van der Waals surface area contributed by atoms with Crippen molar-refractivity contribution in [2.24, 2.45) is 0 Å². The van der Waals surface area contributed by atoms with Crippen LogP contribution in [0.15, 0.2) is 48.5 Å². The van der Waals surface area contributed by atoms with Crippen LogP contribution in [0.25, 0.3) is 0 Å². The van der Waals surface area contributed by atoms with Crippen LogP contribution in [-0.2, 0) is 16.1 Å². The molecule has 3 amide bonds. The number of ether oxygens (including phenoxy) is 1. The Labute approximate surface area is 145 Å². The molecule has 0 spiro atoms. The minimum Gasteiger partial charge on any atom is -0.497 e. The topological polar surface area (TPSA) is 96.5 Å². The van der Waals surface area contributed by atoms with Crippen LogP contribution in [0.3, 0.4) is 0 Å². The van der Waals surface area contributed by atoms with E-state index < -0.39 is 11.8 Å². The lowest BCUT2D eigenvalue weighted by Crippen LogP contribution is -2.33. The molecule has 25 heavy (non-hydrogen) atoms. The van der Waals surface area contributed by atoms with Gasteiger partial charge in [-0.1, -0.05) is 24.3 Å². The summed E-state index contributed by atoms with van der Waals surface area (Å²) >= 11 is 0. The molecule has 0 radical (unpaired) electrons. The van der Waals surface area contributed by atoms with Crippen LogP contribution >= 0.6 is 0 Å². The second-order valence-corrected chi connectivity index (χ2v) is 5.11. The van der Waals surface area contributed by atoms with Gasteiger partial charge in [-0.3, -0.25) is 14.4 Å². The van der Waals surface area contributed by atoms with E-state index >= 15 is 0 Å². The van der Waals surface area contributed by atoms with Gasteiger partial charge in [-0.05, 0) is 29.8 Å². The van der Waals surface area contributed by atoms with Gasteiger partial charge in [-0.15, -0.1) is 0 Å². The average Bonchev–Trinajstić information content (AvgIpc) is 2.66. The predicted octanol–water partition coefficient (Wildman–Crippen LogP) is 1.31. The largest absolute Gasteiger partial charge is 0.497 e. The second kappa shape index (κ2) is 8.49.